The maximum atomic E-state index is 6.34. The van der Waals surface area contributed by atoms with Gasteiger partial charge in [0.15, 0.2) is 0 Å². The zero-order valence-electron chi connectivity index (χ0n) is 9.80. The number of aryl methyl sites for hydroxylation is 1. The van der Waals surface area contributed by atoms with Gasteiger partial charge in [-0.3, -0.25) is 4.68 Å². The lowest BCUT2D eigenvalue weighted by atomic mass is 10.1. The smallest absolute Gasteiger partial charge is 0.0537 e. The predicted molar refractivity (Wildman–Crippen MR) is 73.0 cm³/mol. The van der Waals surface area contributed by atoms with Crippen molar-refractivity contribution in [2.45, 2.75) is 36.9 Å². The first-order chi connectivity index (χ1) is 7.72. The molecule has 3 unspecified atom stereocenters. The summed E-state index contributed by atoms with van der Waals surface area (Å²) in [6.45, 7) is 5.29. The largest absolute Gasteiger partial charge is 0.323 e. The van der Waals surface area contributed by atoms with Gasteiger partial charge in [0, 0.05) is 46.4 Å². The molecule has 1 saturated heterocycles. The molecule has 5 heteroatoms. The molecule has 1 fully saturated rings. The van der Waals surface area contributed by atoms with Crippen LogP contribution in [0.25, 0.3) is 0 Å². The molecular formula is C11H19N3S2. The van der Waals surface area contributed by atoms with Gasteiger partial charge >= 0.3 is 0 Å². The number of hydrogen-bond acceptors (Lipinski definition) is 4. The molecule has 0 bridgehead atoms. The average molecular weight is 257 g/mol. The summed E-state index contributed by atoms with van der Waals surface area (Å²) in [5.74, 6) is 2.47. The van der Waals surface area contributed by atoms with Crippen LogP contribution in [-0.4, -0.2) is 31.8 Å². The first kappa shape index (κ1) is 12.3. The second-order valence-corrected chi connectivity index (χ2v) is 6.84. The van der Waals surface area contributed by atoms with E-state index in [1.165, 1.54) is 17.1 Å². The molecule has 2 rings (SSSR count). The maximum Gasteiger partial charge on any atom is 0.0537 e. The van der Waals surface area contributed by atoms with Gasteiger partial charge in [0.1, 0.15) is 0 Å². The molecule has 0 amide bonds. The minimum absolute atomic E-state index is 0.119. The van der Waals surface area contributed by atoms with Gasteiger partial charge in [-0.15, -0.1) is 0 Å². The number of nitrogens with two attached hydrogens (primary N) is 1. The van der Waals surface area contributed by atoms with Gasteiger partial charge in [-0.1, -0.05) is 6.92 Å². The van der Waals surface area contributed by atoms with Gasteiger partial charge in [0.25, 0.3) is 0 Å². The van der Waals surface area contributed by atoms with Gasteiger partial charge in [-0.05, 0) is 6.92 Å². The Balaban J connectivity index is 2.07. The second kappa shape index (κ2) is 5.47. The predicted octanol–water partition coefficient (Wildman–Crippen LogP) is 2.14. The lowest BCUT2D eigenvalue weighted by Gasteiger charge is -2.31. The van der Waals surface area contributed by atoms with Crippen molar-refractivity contribution < 1.29 is 0 Å². The van der Waals surface area contributed by atoms with Crippen LogP contribution in [0.4, 0.5) is 0 Å². The lowest BCUT2D eigenvalue weighted by Crippen LogP contribution is -2.34. The Hall–Kier alpha value is -0.130. The van der Waals surface area contributed by atoms with Gasteiger partial charge < -0.3 is 5.73 Å². The molecule has 90 valence electrons. The first-order valence-corrected chi connectivity index (χ1v) is 7.83. The molecule has 0 saturated carbocycles. The molecule has 16 heavy (non-hydrogen) atoms. The molecule has 3 atom stereocenters. The van der Waals surface area contributed by atoms with Crippen molar-refractivity contribution in [3.63, 3.8) is 0 Å². The van der Waals surface area contributed by atoms with Crippen LogP contribution in [0.2, 0.25) is 0 Å². The maximum absolute atomic E-state index is 6.34. The summed E-state index contributed by atoms with van der Waals surface area (Å²) in [4.78, 5) is 0. The van der Waals surface area contributed by atoms with E-state index in [-0.39, 0.29) is 6.04 Å². The molecule has 0 radical (unpaired) electrons. The molecule has 2 N–H and O–H groups in total. The zero-order chi connectivity index (χ0) is 11.5. The van der Waals surface area contributed by atoms with Crippen molar-refractivity contribution in [2.75, 3.05) is 11.5 Å². The van der Waals surface area contributed by atoms with E-state index >= 15 is 0 Å². The van der Waals surface area contributed by atoms with Gasteiger partial charge in [-0.2, -0.15) is 28.6 Å². The highest BCUT2D eigenvalue weighted by molar-refractivity contribution is 8.07. The number of aromatic nitrogens is 2. The summed E-state index contributed by atoms with van der Waals surface area (Å²) in [6.07, 6.45) is 4.00. The van der Waals surface area contributed by atoms with Crippen molar-refractivity contribution >= 4 is 23.5 Å². The highest BCUT2D eigenvalue weighted by Gasteiger charge is 2.29. The molecule has 0 aromatic carbocycles. The summed E-state index contributed by atoms with van der Waals surface area (Å²) in [7, 11) is 0. The van der Waals surface area contributed by atoms with Crippen LogP contribution in [0.3, 0.4) is 0 Å². The number of rotatable bonds is 3. The van der Waals surface area contributed by atoms with Crippen molar-refractivity contribution in [1.29, 1.82) is 0 Å². The van der Waals surface area contributed by atoms with Gasteiger partial charge in [0.2, 0.25) is 0 Å². The summed E-state index contributed by atoms with van der Waals surface area (Å²) >= 11 is 4.04. The van der Waals surface area contributed by atoms with Crippen LogP contribution in [-0.2, 0) is 6.54 Å². The average Bonchev–Trinajstić information content (AvgIpc) is 2.77. The molecule has 2 heterocycles. The lowest BCUT2D eigenvalue weighted by molar-refractivity contribution is 0.646. The Kier molecular flexibility index (Phi) is 4.21. The van der Waals surface area contributed by atoms with Crippen molar-refractivity contribution in [1.82, 2.24) is 9.78 Å². The van der Waals surface area contributed by atoms with Gasteiger partial charge in [0.05, 0.1) is 6.20 Å². The summed E-state index contributed by atoms with van der Waals surface area (Å²) < 4.78 is 1.94. The molecule has 1 aromatic heterocycles. The number of hydrogen-bond donors (Lipinski definition) is 1. The highest BCUT2D eigenvalue weighted by atomic mass is 32.2. The fraction of sp³-hybridized carbons (Fsp3) is 0.727. The Morgan fingerprint density at radius 2 is 2.31 bits per heavy atom. The molecular weight excluding hydrogens is 238 g/mol. The van der Waals surface area contributed by atoms with Crippen LogP contribution >= 0.6 is 23.5 Å². The number of nitrogens with zero attached hydrogens (tertiary/aromatic N) is 2. The van der Waals surface area contributed by atoms with E-state index in [1.807, 2.05) is 34.4 Å². The quantitative estimate of drug-likeness (QED) is 0.901. The fourth-order valence-corrected chi connectivity index (χ4v) is 4.84. The third kappa shape index (κ3) is 2.57. The Bertz CT molecular complexity index is 340. The molecule has 1 aromatic rings. The summed E-state index contributed by atoms with van der Waals surface area (Å²) in [5, 5.41) is 5.46. The van der Waals surface area contributed by atoms with E-state index in [2.05, 4.69) is 25.1 Å². The third-order valence-corrected chi connectivity index (χ3v) is 6.17. The first-order valence-electron chi connectivity index (χ1n) is 5.73. The van der Waals surface area contributed by atoms with E-state index in [0.29, 0.717) is 10.5 Å². The zero-order valence-corrected chi connectivity index (χ0v) is 11.4. The molecule has 1 aliphatic rings. The van der Waals surface area contributed by atoms with Crippen molar-refractivity contribution in [3.05, 3.63) is 18.0 Å². The van der Waals surface area contributed by atoms with E-state index in [0.717, 1.165) is 6.54 Å². The summed E-state index contributed by atoms with van der Waals surface area (Å²) in [5.41, 5.74) is 7.52. The number of thioether (sulfide) groups is 2. The SMILES string of the molecule is CCn1cc(C(N)C2SCCSC2C)cn1. The molecule has 3 nitrogen and oxygen atoms in total. The van der Waals surface area contributed by atoms with E-state index in [9.17, 15) is 0 Å². The van der Waals surface area contributed by atoms with E-state index < -0.39 is 0 Å². The van der Waals surface area contributed by atoms with Crippen LogP contribution in [0, 0.1) is 0 Å². The van der Waals surface area contributed by atoms with Gasteiger partial charge in [-0.25, -0.2) is 0 Å². The monoisotopic (exact) mass is 257 g/mol. The Morgan fingerprint density at radius 3 is 2.94 bits per heavy atom. The molecule has 1 aliphatic heterocycles. The van der Waals surface area contributed by atoms with Crippen molar-refractivity contribution in [2.24, 2.45) is 5.73 Å². The molecule has 0 spiro atoms. The van der Waals surface area contributed by atoms with Crippen LogP contribution in [0.5, 0.6) is 0 Å². The third-order valence-electron chi connectivity index (χ3n) is 2.95. The fourth-order valence-electron chi connectivity index (χ4n) is 1.96. The van der Waals surface area contributed by atoms with E-state index in [4.69, 9.17) is 5.73 Å². The minimum Gasteiger partial charge on any atom is -0.323 e. The van der Waals surface area contributed by atoms with E-state index in [1.54, 1.807) is 0 Å². The second-order valence-electron chi connectivity index (χ2n) is 4.07. The minimum atomic E-state index is 0.119. The molecule has 0 aliphatic carbocycles. The normalized spacial score (nSPS) is 27.9. The topological polar surface area (TPSA) is 43.8 Å². The Labute approximate surface area is 106 Å². The van der Waals surface area contributed by atoms with Crippen LogP contribution in [0.1, 0.15) is 25.5 Å². The van der Waals surface area contributed by atoms with Crippen LogP contribution in [0.15, 0.2) is 12.4 Å². The summed E-state index contributed by atoms with van der Waals surface area (Å²) in [6, 6.07) is 0.119. The van der Waals surface area contributed by atoms with Crippen LogP contribution < -0.4 is 5.73 Å². The Morgan fingerprint density at radius 1 is 1.56 bits per heavy atom. The standard InChI is InChI=1S/C11H19N3S2/c1-3-14-7-9(6-13-14)10(12)11-8(2)15-4-5-16-11/h6-8,10-11H,3-5,12H2,1-2H3. The van der Waals surface area contributed by atoms with Crippen molar-refractivity contribution in [3.8, 4) is 0 Å². The highest BCUT2D eigenvalue weighted by Crippen LogP contribution is 2.37.